The number of nitrogens with zero attached hydrogens (tertiary/aromatic N) is 4. The van der Waals surface area contributed by atoms with Crippen LogP contribution in [0.15, 0.2) is 56.2 Å². The number of carbonyl (C=O) groups excluding carboxylic acids is 1. The Hall–Kier alpha value is -4.48. The second-order valence-electron chi connectivity index (χ2n) is 6.27. The summed E-state index contributed by atoms with van der Waals surface area (Å²) in [4.78, 5) is 38.5. The number of fused-ring (bicyclic) bond motifs is 1. The highest BCUT2D eigenvalue weighted by molar-refractivity contribution is 5.78. The molecule has 12 heteroatoms. The highest BCUT2D eigenvalue weighted by Crippen LogP contribution is 2.21. The smallest absolute Gasteiger partial charge is 0.420 e. The summed E-state index contributed by atoms with van der Waals surface area (Å²) < 4.78 is 21.3. The van der Waals surface area contributed by atoms with E-state index in [2.05, 4.69) is 10.1 Å². The quantitative estimate of drug-likeness (QED) is 0.244. The highest BCUT2D eigenvalue weighted by Gasteiger charge is 2.17. The van der Waals surface area contributed by atoms with Crippen LogP contribution >= 0.6 is 0 Å². The molecule has 2 aromatic heterocycles. The maximum absolute atomic E-state index is 12.2. The van der Waals surface area contributed by atoms with Crippen LogP contribution in [0.3, 0.4) is 0 Å². The van der Waals surface area contributed by atoms with Crippen LogP contribution in [-0.4, -0.2) is 32.7 Å². The van der Waals surface area contributed by atoms with E-state index in [4.69, 9.17) is 18.4 Å². The molecule has 4 rings (SSSR count). The minimum Gasteiger partial charge on any atom is -0.497 e. The molecule has 0 atom stereocenters. The summed E-state index contributed by atoms with van der Waals surface area (Å²) in [6.07, 6.45) is 0. The van der Waals surface area contributed by atoms with Crippen molar-refractivity contribution in [3.05, 3.63) is 69.0 Å². The van der Waals surface area contributed by atoms with Crippen LogP contribution in [0.25, 0.3) is 22.6 Å². The largest absolute Gasteiger partial charge is 0.497 e. The van der Waals surface area contributed by atoms with E-state index in [9.17, 15) is 19.7 Å². The maximum Gasteiger partial charge on any atom is 0.420 e. The molecule has 0 aliphatic carbocycles. The SMILES string of the molecule is COc1ccc(-c2nc(COC(=O)Cn3c(=O)oc4cc([N+](=O)[O-])ccc43)no2)cc1. The van der Waals surface area contributed by atoms with Crippen LogP contribution < -0.4 is 10.5 Å². The van der Waals surface area contributed by atoms with Crippen molar-refractivity contribution in [2.24, 2.45) is 0 Å². The summed E-state index contributed by atoms with van der Waals surface area (Å²) in [5, 5.41) is 14.6. The third kappa shape index (κ3) is 4.12. The number of benzene rings is 2. The Morgan fingerprint density at radius 1 is 1.23 bits per heavy atom. The lowest BCUT2D eigenvalue weighted by Crippen LogP contribution is -2.21. The first-order valence-corrected chi connectivity index (χ1v) is 8.85. The van der Waals surface area contributed by atoms with Gasteiger partial charge in [-0.2, -0.15) is 4.98 Å². The van der Waals surface area contributed by atoms with Crippen LogP contribution in [0.2, 0.25) is 0 Å². The first-order chi connectivity index (χ1) is 14.9. The molecule has 4 aromatic rings. The molecule has 0 unspecified atom stereocenters. The molecule has 2 aromatic carbocycles. The summed E-state index contributed by atoms with van der Waals surface area (Å²) in [5.41, 5.74) is 0.653. The zero-order chi connectivity index (χ0) is 22.0. The van der Waals surface area contributed by atoms with Gasteiger partial charge in [0.05, 0.1) is 23.6 Å². The summed E-state index contributed by atoms with van der Waals surface area (Å²) >= 11 is 0. The standard InChI is InChI=1S/C19H14N4O8/c1-28-13-5-2-11(3-6-13)18-20-16(21-31-18)10-29-17(24)9-22-14-7-4-12(23(26)27)8-15(14)30-19(22)25/h2-8H,9-10H2,1H3. The fraction of sp³-hybridized carbons (Fsp3) is 0.158. The number of methoxy groups -OCH3 is 1. The van der Waals surface area contributed by atoms with E-state index < -0.39 is 23.2 Å². The topological polar surface area (TPSA) is 153 Å². The second kappa shape index (κ2) is 8.10. The van der Waals surface area contributed by atoms with Crippen molar-refractivity contribution >= 4 is 22.8 Å². The molecule has 0 N–H and O–H groups in total. The van der Waals surface area contributed by atoms with Crippen molar-refractivity contribution in [2.45, 2.75) is 13.2 Å². The average molecular weight is 426 g/mol. The van der Waals surface area contributed by atoms with E-state index in [0.717, 1.165) is 10.6 Å². The van der Waals surface area contributed by atoms with Gasteiger partial charge in [0.1, 0.15) is 12.3 Å². The Labute approximate surface area is 172 Å². The number of non-ortho nitro benzene ring substituents is 1. The number of rotatable bonds is 7. The van der Waals surface area contributed by atoms with Crippen molar-refractivity contribution in [3.63, 3.8) is 0 Å². The molecular formula is C19H14N4O8. The van der Waals surface area contributed by atoms with Crippen LogP contribution in [0.4, 0.5) is 5.69 Å². The molecule has 0 aliphatic heterocycles. The number of esters is 1. The van der Waals surface area contributed by atoms with Gasteiger partial charge in [-0.1, -0.05) is 5.16 Å². The minimum atomic E-state index is -0.839. The molecule has 158 valence electrons. The Morgan fingerprint density at radius 3 is 2.71 bits per heavy atom. The van der Waals surface area contributed by atoms with E-state index in [1.54, 1.807) is 31.4 Å². The number of aromatic nitrogens is 3. The number of hydrogen-bond acceptors (Lipinski definition) is 10. The molecule has 0 fully saturated rings. The van der Waals surface area contributed by atoms with Gasteiger partial charge in [0.25, 0.3) is 11.6 Å². The Bertz CT molecular complexity index is 1320. The Morgan fingerprint density at radius 2 is 2.00 bits per heavy atom. The third-order valence-corrected chi connectivity index (χ3v) is 4.32. The zero-order valence-corrected chi connectivity index (χ0v) is 16.0. The van der Waals surface area contributed by atoms with Crippen LogP contribution in [0.5, 0.6) is 5.75 Å². The Balaban J connectivity index is 1.42. The monoisotopic (exact) mass is 426 g/mol. The van der Waals surface area contributed by atoms with Crippen molar-refractivity contribution in [1.29, 1.82) is 0 Å². The molecule has 12 nitrogen and oxygen atoms in total. The summed E-state index contributed by atoms with van der Waals surface area (Å²) in [6.45, 7) is -0.721. The molecule has 31 heavy (non-hydrogen) atoms. The molecule has 0 bridgehead atoms. The van der Waals surface area contributed by atoms with Gasteiger partial charge in [-0.15, -0.1) is 0 Å². The van der Waals surface area contributed by atoms with Gasteiger partial charge in [0, 0.05) is 11.6 Å². The number of ether oxygens (including phenoxy) is 2. The average Bonchev–Trinajstić information content (AvgIpc) is 3.36. The molecule has 0 amide bonds. The van der Waals surface area contributed by atoms with Crippen LogP contribution in [0, 0.1) is 10.1 Å². The van der Waals surface area contributed by atoms with E-state index in [0.29, 0.717) is 11.3 Å². The predicted molar refractivity (Wildman–Crippen MR) is 103 cm³/mol. The second-order valence-corrected chi connectivity index (χ2v) is 6.27. The number of oxazole rings is 1. The number of nitro benzene ring substituents is 1. The lowest BCUT2D eigenvalue weighted by molar-refractivity contribution is -0.384. The summed E-state index contributed by atoms with van der Waals surface area (Å²) in [5.74, 6) is -0.534. The molecule has 0 radical (unpaired) electrons. The minimum absolute atomic E-state index is 0.00528. The third-order valence-electron chi connectivity index (χ3n) is 4.32. The van der Waals surface area contributed by atoms with Gasteiger partial charge >= 0.3 is 11.7 Å². The number of hydrogen-bond donors (Lipinski definition) is 0. The number of carbonyl (C=O) groups is 1. The van der Waals surface area contributed by atoms with Crippen molar-refractivity contribution in [3.8, 4) is 17.2 Å². The molecular weight excluding hydrogens is 412 g/mol. The molecule has 0 aliphatic rings. The summed E-state index contributed by atoms with van der Waals surface area (Å²) in [6, 6.07) is 10.6. The van der Waals surface area contributed by atoms with Gasteiger partial charge < -0.3 is 18.4 Å². The maximum atomic E-state index is 12.2. The zero-order valence-electron chi connectivity index (χ0n) is 16.0. The van der Waals surface area contributed by atoms with Crippen molar-refractivity contribution in [1.82, 2.24) is 14.7 Å². The molecule has 0 saturated carbocycles. The summed E-state index contributed by atoms with van der Waals surface area (Å²) in [7, 11) is 1.55. The first-order valence-electron chi connectivity index (χ1n) is 8.85. The van der Waals surface area contributed by atoms with E-state index in [-0.39, 0.29) is 35.1 Å². The van der Waals surface area contributed by atoms with Crippen molar-refractivity contribution < 1.29 is 28.1 Å². The van der Waals surface area contributed by atoms with Crippen LogP contribution in [0.1, 0.15) is 5.82 Å². The Kier molecular flexibility index (Phi) is 5.18. The lowest BCUT2D eigenvalue weighted by Gasteiger charge is -2.02. The highest BCUT2D eigenvalue weighted by atomic mass is 16.6. The molecule has 0 spiro atoms. The van der Waals surface area contributed by atoms with Gasteiger partial charge in [-0.25, -0.2) is 4.79 Å². The first kappa shape index (κ1) is 19.8. The van der Waals surface area contributed by atoms with Crippen molar-refractivity contribution in [2.75, 3.05) is 7.11 Å². The fourth-order valence-corrected chi connectivity index (χ4v) is 2.80. The van der Waals surface area contributed by atoms with Gasteiger partial charge in [-0.05, 0) is 30.3 Å². The van der Waals surface area contributed by atoms with Gasteiger partial charge in [0.2, 0.25) is 5.82 Å². The fourth-order valence-electron chi connectivity index (χ4n) is 2.80. The van der Waals surface area contributed by atoms with E-state index >= 15 is 0 Å². The lowest BCUT2D eigenvalue weighted by atomic mass is 10.2. The van der Waals surface area contributed by atoms with E-state index in [1.165, 1.54) is 12.1 Å². The number of nitro groups is 1. The molecule has 0 saturated heterocycles. The molecule has 2 heterocycles. The van der Waals surface area contributed by atoms with Crippen LogP contribution in [-0.2, 0) is 22.7 Å². The predicted octanol–water partition coefficient (Wildman–Crippen LogP) is 2.30. The normalized spacial score (nSPS) is 10.9. The van der Waals surface area contributed by atoms with E-state index in [1.807, 2.05) is 0 Å². The van der Waals surface area contributed by atoms with Gasteiger partial charge in [-0.3, -0.25) is 19.5 Å². The van der Waals surface area contributed by atoms with Gasteiger partial charge in [0.15, 0.2) is 12.2 Å².